The molecule has 0 radical (unpaired) electrons. The van der Waals surface area contributed by atoms with Crippen LogP contribution in [0.25, 0.3) is 0 Å². The van der Waals surface area contributed by atoms with Gasteiger partial charge < -0.3 is 9.80 Å². The first-order valence-electron chi connectivity index (χ1n) is 7.41. The molecular weight excluding hydrogens is 361 g/mol. The Morgan fingerprint density at radius 3 is 2.48 bits per heavy atom. The van der Waals surface area contributed by atoms with E-state index >= 15 is 0 Å². The van der Waals surface area contributed by atoms with Crippen molar-refractivity contribution in [2.45, 2.75) is 6.42 Å². The zero-order valence-electron chi connectivity index (χ0n) is 12.4. The van der Waals surface area contributed by atoms with Crippen LogP contribution in [0.3, 0.4) is 0 Å². The largest absolute Gasteiger partial charge is 0.352 e. The first kappa shape index (κ1) is 16.8. The molecule has 1 atom stereocenters. The molecule has 0 aliphatic carbocycles. The van der Waals surface area contributed by atoms with E-state index in [2.05, 4.69) is 4.98 Å². The Balaban J connectivity index is 1.61. The monoisotopic (exact) mass is 377 g/mol. The number of anilines is 1. The second-order valence-corrected chi connectivity index (χ2v) is 8.94. The van der Waals surface area contributed by atoms with Gasteiger partial charge in [-0.15, -0.1) is 0 Å². The molecule has 0 bridgehead atoms. The fraction of sp³-hybridized carbons (Fsp3) is 0.571. The van der Waals surface area contributed by atoms with Crippen LogP contribution in [0.2, 0.25) is 10.0 Å². The minimum absolute atomic E-state index is 0.0172. The topological polar surface area (TPSA) is 70.6 Å². The van der Waals surface area contributed by atoms with Gasteiger partial charge in [-0.1, -0.05) is 23.2 Å². The molecule has 0 saturated carbocycles. The molecule has 2 aliphatic rings. The van der Waals surface area contributed by atoms with Gasteiger partial charge in [-0.2, -0.15) is 0 Å². The zero-order chi connectivity index (χ0) is 16.6. The quantitative estimate of drug-likeness (QED) is 0.780. The zero-order valence-corrected chi connectivity index (χ0v) is 14.7. The minimum atomic E-state index is -3.04. The SMILES string of the molecule is O=C(C1CCS(=O)(=O)C1)N1CCN(c2ncc(Cl)cc2Cl)CC1. The summed E-state index contributed by atoms with van der Waals surface area (Å²) in [4.78, 5) is 20.4. The number of carbonyl (C=O) groups excluding carboxylic acids is 1. The highest BCUT2D eigenvalue weighted by Gasteiger charge is 2.36. The van der Waals surface area contributed by atoms with E-state index in [9.17, 15) is 13.2 Å². The summed E-state index contributed by atoms with van der Waals surface area (Å²) in [5, 5.41) is 0.967. The van der Waals surface area contributed by atoms with Crippen LogP contribution < -0.4 is 4.90 Å². The van der Waals surface area contributed by atoms with Crippen LogP contribution in [0.5, 0.6) is 0 Å². The molecule has 3 heterocycles. The highest BCUT2D eigenvalue weighted by molar-refractivity contribution is 7.91. The predicted octanol–water partition coefficient (Wildman–Crippen LogP) is 1.47. The van der Waals surface area contributed by atoms with Gasteiger partial charge in [0.2, 0.25) is 5.91 Å². The van der Waals surface area contributed by atoms with E-state index in [1.807, 2.05) is 4.90 Å². The van der Waals surface area contributed by atoms with Gasteiger partial charge in [0, 0.05) is 32.4 Å². The van der Waals surface area contributed by atoms with Crippen molar-refractivity contribution in [3.8, 4) is 0 Å². The van der Waals surface area contributed by atoms with Gasteiger partial charge >= 0.3 is 0 Å². The van der Waals surface area contributed by atoms with Gasteiger partial charge in [0.05, 0.1) is 27.5 Å². The summed E-state index contributed by atoms with van der Waals surface area (Å²) in [6.07, 6.45) is 1.98. The summed E-state index contributed by atoms with van der Waals surface area (Å²) in [7, 11) is -3.04. The lowest BCUT2D eigenvalue weighted by Gasteiger charge is -2.36. The van der Waals surface area contributed by atoms with Gasteiger partial charge in [-0.3, -0.25) is 4.79 Å². The van der Waals surface area contributed by atoms with Crippen LogP contribution in [0.1, 0.15) is 6.42 Å². The van der Waals surface area contributed by atoms with E-state index in [4.69, 9.17) is 23.2 Å². The van der Waals surface area contributed by atoms with Crippen molar-refractivity contribution in [3.63, 3.8) is 0 Å². The van der Waals surface area contributed by atoms with Gasteiger partial charge in [0.25, 0.3) is 0 Å². The van der Waals surface area contributed by atoms with Crippen molar-refractivity contribution in [1.29, 1.82) is 0 Å². The number of aromatic nitrogens is 1. The molecule has 2 saturated heterocycles. The van der Waals surface area contributed by atoms with Gasteiger partial charge in [-0.05, 0) is 12.5 Å². The lowest BCUT2D eigenvalue weighted by molar-refractivity contribution is -0.135. The molecule has 9 heteroatoms. The number of hydrogen-bond donors (Lipinski definition) is 0. The molecule has 2 fully saturated rings. The van der Waals surface area contributed by atoms with Gasteiger partial charge in [0.15, 0.2) is 9.84 Å². The molecule has 126 valence electrons. The molecule has 1 amide bonds. The molecule has 0 aromatic carbocycles. The molecule has 6 nitrogen and oxygen atoms in total. The molecule has 23 heavy (non-hydrogen) atoms. The Labute approximate surface area is 145 Å². The maximum absolute atomic E-state index is 12.4. The van der Waals surface area contributed by atoms with Crippen molar-refractivity contribution >= 4 is 44.8 Å². The van der Waals surface area contributed by atoms with Crippen molar-refractivity contribution in [1.82, 2.24) is 9.88 Å². The number of halogens is 2. The summed E-state index contributed by atoms with van der Waals surface area (Å²) in [5.41, 5.74) is 0. The molecule has 1 aromatic rings. The average molecular weight is 378 g/mol. The smallest absolute Gasteiger partial charge is 0.226 e. The number of nitrogens with zero attached hydrogens (tertiary/aromatic N) is 3. The van der Waals surface area contributed by atoms with Crippen LogP contribution >= 0.6 is 23.2 Å². The van der Waals surface area contributed by atoms with Crippen molar-refractivity contribution in [2.75, 3.05) is 42.6 Å². The number of piperazine rings is 1. The third kappa shape index (κ3) is 3.72. The third-order valence-corrected chi connectivity index (χ3v) is 6.51. The van der Waals surface area contributed by atoms with E-state index in [0.29, 0.717) is 48.5 Å². The van der Waals surface area contributed by atoms with E-state index in [-0.39, 0.29) is 23.3 Å². The van der Waals surface area contributed by atoms with Gasteiger partial charge in [-0.25, -0.2) is 13.4 Å². The molecule has 2 aliphatic heterocycles. The summed E-state index contributed by atoms with van der Waals surface area (Å²) in [6, 6.07) is 1.65. The predicted molar refractivity (Wildman–Crippen MR) is 89.8 cm³/mol. The van der Waals surface area contributed by atoms with Crippen LogP contribution in [0, 0.1) is 5.92 Å². The molecule has 0 N–H and O–H groups in total. The number of amides is 1. The average Bonchev–Trinajstić information content (AvgIpc) is 2.87. The Kier molecular flexibility index (Phi) is 4.71. The van der Waals surface area contributed by atoms with Crippen LogP contribution in [0.15, 0.2) is 12.3 Å². The molecule has 3 rings (SSSR count). The lowest BCUT2D eigenvalue weighted by atomic mass is 10.1. The number of pyridine rings is 1. The lowest BCUT2D eigenvalue weighted by Crippen LogP contribution is -2.50. The Bertz CT molecular complexity index is 718. The van der Waals surface area contributed by atoms with E-state index in [1.165, 1.54) is 0 Å². The first-order valence-corrected chi connectivity index (χ1v) is 9.99. The number of hydrogen-bond acceptors (Lipinski definition) is 5. The second kappa shape index (κ2) is 6.45. The van der Waals surface area contributed by atoms with Crippen molar-refractivity contribution < 1.29 is 13.2 Å². The fourth-order valence-corrected chi connectivity index (χ4v) is 5.26. The number of carbonyl (C=O) groups is 1. The Hall–Kier alpha value is -1.05. The Morgan fingerprint density at radius 2 is 1.91 bits per heavy atom. The van der Waals surface area contributed by atoms with Crippen LogP contribution in [0.4, 0.5) is 5.82 Å². The van der Waals surface area contributed by atoms with E-state index < -0.39 is 9.84 Å². The molecular formula is C14H17Cl2N3O3S. The summed E-state index contributed by atoms with van der Waals surface area (Å²) in [6.45, 7) is 2.30. The minimum Gasteiger partial charge on any atom is -0.352 e. The van der Waals surface area contributed by atoms with Crippen molar-refractivity contribution in [2.24, 2.45) is 5.92 Å². The summed E-state index contributed by atoms with van der Waals surface area (Å²) in [5.74, 6) is 0.320. The molecule has 1 unspecified atom stereocenters. The van der Waals surface area contributed by atoms with Gasteiger partial charge in [0.1, 0.15) is 5.82 Å². The number of rotatable bonds is 2. The summed E-state index contributed by atoms with van der Waals surface area (Å²) >= 11 is 12.0. The summed E-state index contributed by atoms with van der Waals surface area (Å²) < 4.78 is 23.0. The maximum atomic E-state index is 12.4. The van der Waals surface area contributed by atoms with E-state index in [0.717, 1.165) is 0 Å². The van der Waals surface area contributed by atoms with Crippen LogP contribution in [-0.4, -0.2) is 61.9 Å². The normalized spacial score (nSPS) is 24.0. The highest BCUT2D eigenvalue weighted by atomic mass is 35.5. The third-order valence-electron chi connectivity index (χ3n) is 4.26. The second-order valence-electron chi connectivity index (χ2n) is 5.87. The fourth-order valence-electron chi connectivity index (χ4n) is 3.03. The van der Waals surface area contributed by atoms with E-state index in [1.54, 1.807) is 17.2 Å². The molecule has 0 spiro atoms. The Morgan fingerprint density at radius 1 is 1.22 bits per heavy atom. The van der Waals surface area contributed by atoms with Crippen molar-refractivity contribution in [3.05, 3.63) is 22.3 Å². The number of sulfone groups is 1. The maximum Gasteiger partial charge on any atom is 0.226 e. The highest BCUT2D eigenvalue weighted by Crippen LogP contribution is 2.27. The standard InChI is InChI=1S/C14H17Cl2N3O3S/c15-11-7-12(16)13(17-8-11)18-2-4-19(5-3-18)14(20)10-1-6-23(21,22)9-10/h7-8,10H,1-6,9H2. The molecule has 1 aromatic heterocycles. The van der Waals surface area contributed by atoms with Crippen LogP contribution in [-0.2, 0) is 14.6 Å². The first-order chi connectivity index (χ1) is 10.9.